The molecule has 1 aromatic carbocycles. The fraction of sp³-hybridized carbons (Fsp3) is 0.654. The average molecular weight is 478 g/mol. The molecule has 0 fully saturated rings. The minimum atomic E-state index is -1.23. The van der Waals surface area contributed by atoms with E-state index in [2.05, 4.69) is 10.6 Å². The molecule has 0 radical (unpaired) electrons. The Balaban J connectivity index is 3.39. The molecular formula is C26H43N3O5. The number of hydrogen-bond acceptors (Lipinski definition) is 5. The Hall–Kier alpha value is -2.61. The van der Waals surface area contributed by atoms with Crippen molar-refractivity contribution in [2.75, 3.05) is 19.7 Å². The maximum atomic E-state index is 13.6. The predicted molar refractivity (Wildman–Crippen MR) is 133 cm³/mol. The van der Waals surface area contributed by atoms with E-state index in [4.69, 9.17) is 4.74 Å². The van der Waals surface area contributed by atoms with Gasteiger partial charge < -0.3 is 25.4 Å². The molecule has 0 saturated heterocycles. The zero-order chi connectivity index (χ0) is 25.9. The number of unbranched alkanes of at least 4 members (excludes halogenated alkanes) is 2. The van der Waals surface area contributed by atoms with E-state index < -0.39 is 36.3 Å². The van der Waals surface area contributed by atoms with Crippen LogP contribution >= 0.6 is 0 Å². The molecule has 0 aromatic heterocycles. The third-order valence-corrected chi connectivity index (χ3v) is 5.33. The van der Waals surface area contributed by atoms with Gasteiger partial charge in [0.2, 0.25) is 11.8 Å². The molecule has 0 heterocycles. The van der Waals surface area contributed by atoms with Crippen molar-refractivity contribution in [3.63, 3.8) is 0 Å². The number of nitrogens with one attached hydrogen (secondary N) is 2. The minimum absolute atomic E-state index is 0.277. The summed E-state index contributed by atoms with van der Waals surface area (Å²) in [5.41, 5.74) is 1.83. The molecule has 2 unspecified atom stereocenters. The van der Waals surface area contributed by atoms with Crippen LogP contribution in [0.4, 0.5) is 4.79 Å². The van der Waals surface area contributed by atoms with Crippen LogP contribution in [-0.2, 0) is 14.3 Å². The molecule has 1 rings (SSSR count). The van der Waals surface area contributed by atoms with E-state index in [0.717, 1.165) is 36.0 Å². The number of rotatable bonds is 12. The lowest BCUT2D eigenvalue weighted by atomic mass is 9.96. The van der Waals surface area contributed by atoms with Crippen LogP contribution in [0.1, 0.15) is 83.0 Å². The number of nitrogens with zero attached hydrogens (tertiary/aromatic N) is 1. The smallest absolute Gasteiger partial charge is 0.408 e. The van der Waals surface area contributed by atoms with Crippen LogP contribution in [0.5, 0.6) is 0 Å². The normalized spacial score (nSPS) is 13.1. The van der Waals surface area contributed by atoms with Crippen LogP contribution in [-0.4, -0.2) is 59.3 Å². The van der Waals surface area contributed by atoms with Crippen LogP contribution in [0.2, 0.25) is 0 Å². The summed E-state index contributed by atoms with van der Waals surface area (Å²) in [5, 5.41) is 15.4. The molecule has 3 amide bonds. The van der Waals surface area contributed by atoms with Crippen molar-refractivity contribution in [2.24, 2.45) is 0 Å². The van der Waals surface area contributed by atoms with Crippen molar-refractivity contribution >= 4 is 17.9 Å². The quantitative estimate of drug-likeness (QED) is 0.397. The van der Waals surface area contributed by atoms with Crippen LogP contribution < -0.4 is 10.6 Å². The monoisotopic (exact) mass is 477 g/mol. The SMILES string of the molecule is CCCCNC(=O)C(c1cc(C)ccc1C)N(CCCC)C(=O)C(CO)NC(=O)OC(C)(C)C. The molecule has 0 bridgehead atoms. The van der Waals surface area contributed by atoms with Gasteiger partial charge in [-0.05, 0) is 58.6 Å². The second kappa shape index (κ2) is 13.9. The first-order chi connectivity index (χ1) is 15.9. The number of ether oxygens (including phenoxy) is 1. The summed E-state index contributed by atoms with van der Waals surface area (Å²) in [7, 11) is 0. The van der Waals surface area contributed by atoms with Crippen LogP contribution in [0, 0.1) is 13.8 Å². The highest BCUT2D eigenvalue weighted by Gasteiger charge is 2.36. The summed E-state index contributed by atoms with van der Waals surface area (Å²) in [6.07, 6.45) is 2.43. The topological polar surface area (TPSA) is 108 Å². The molecule has 3 N–H and O–H groups in total. The summed E-state index contributed by atoms with van der Waals surface area (Å²) in [6, 6.07) is 3.69. The maximum absolute atomic E-state index is 13.6. The minimum Gasteiger partial charge on any atom is -0.444 e. The van der Waals surface area contributed by atoms with E-state index in [1.807, 2.05) is 45.9 Å². The lowest BCUT2D eigenvalue weighted by Gasteiger charge is -2.35. The van der Waals surface area contributed by atoms with Gasteiger partial charge in [-0.2, -0.15) is 0 Å². The molecule has 0 aliphatic rings. The Kier molecular flexibility index (Phi) is 12.1. The van der Waals surface area contributed by atoms with Crippen molar-refractivity contribution in [1.29, 1.82) is 0 Å². The third-order valence-electron chi connectivity index (χ3n) is 5.33. The zero-order valence-corrected chi connectivity index (χ0v) is 21.9. The average Bonchev–Trinajstić information content (AvgIpc) is 2.75. The van der Waals surface area contributed by atoms with Crippen molar-refractivity contribution in [3.8, 4) is 0 Å². The number of alkyl carbamates (subject to hydrolysis) is 1. The van der Waals surface area contributed by atoms with E-state index in [-0.39, 0.29) is 5.91 Å². The number of aryl methyl sites for hydroxylation is 2. The largest absolute Gasteiger partial charge is 0.444 e. The first kappa shape index (κ1) is 29.4. The third kappa shape index (κ3) is 9.33. The maximum Gasteiger partial charge on any atom is 0.408 e. The van der Waals surface area contributed by atoms with Gasteiger partial charge in [-0.15, -0.1) is 0 Å². The molecule has 0 aliphatic carbocycles. The molecule has 2 atom stereocenters. The number of carbonyl (C=O) groups is 3. The molecular weight excluding hydrogens is 434 g/mol. The van der Waals surface area contributed by atoms with Crippen molar-refractivity contribution in [2.45, 2.75) is 91.8 Å². The second-order valence-corrected chi connectivity index (χ2v) is 9.67. The van der Waals surface area contributed by atoms with Crippen LogP contribution in [0.15, 0.2) is 18.2 Å². The summed E-state index contributed by atoms with van der Waals surface area (Å²) < 4.78 is 5.26. The fourth-order valence-corrected chi connectivity index (χ4v) is 3.52. The lowest BCUT2D eigenvalue weighted by Crippen LogP contribution is -2.54. The first-order valence-corrected chi connectivity index (χ1v) is 12.2. The molecule has 0 saturated carbocycles. The van der Waals surface area contributed by atoms with Crippen LogP contribution in [0.25, 0.3) is 0 Å². The Morgan fingerprint density at radius 3 is 2.29 bits per heavy atom. The highest BCUT2D eigenvalue weighted by atomic mass is 16.6. The number of aliphatic hydroxyl groups is 1. The van der Waals surface area contributed by atoms with Gasteiger partial charge in [0.15, 0.2) is 0 Å². The summed E-state index contributed by atoms with van der Waals surface area (Å²) in [4.78, 5) is 40.9. The molecule has 1 aromatic rings. The summed E-state index contributed by atoms with van der Waals surface area (Å²) in [6.45, 7) is 13.2. The van der Waals surface area contributed by atoms with E-state index >= 15 is 0 Å². The molecule has 8 heteroatoms. The molecule has 0 spiro atoms. The van der Waals surface area contributed by atoms with Crippen molar-refractivity contribution < 1.29 is 24.2 Å². The Morgan fingerprint density at radius 2 is 1.74 bits per heavy atom. The van der Waals surface area contributed by atoms with E-state index in [9.17, 15) is 19.5 Å². The van der Waals surface area contributed by atoms with Gasteiger partial charge >= 0.3 is 6.09 Å². The van der Waals surface area contributed by atoms with Gasteiger partial charge in [0.1, 0.15) is 17.7 Å². The second-order valence-electron chi connectivity index (χ2n) is 9.67. The van der Waals surface area contributed by atoms with Gasteiger partial charge in [0, 0.05) is 13.1 Å². The van der Waals surface area contributed by atoms with Crippen molar-refractivity contribution in [3.05, 3.63) is 34.9 Å². The molecule has 8 nitrogen and oxygen atoms in total. The van der Waals surface area contributed by atoms with E-state index in [1.54, 1.807) is 20.8 Å². The van der Waals surface area contributed by atoms with Gasteiger partial charge in [-0.25, -0.2) is 4.79 Å². The number of amides is 3. The number of hydrogen-bond donors (Lipinski definition) is 3. The van der Waals surface area contributed by atoms with Gasteiger partial charge in [-0.1, -0.05) is 50.5 Å². The number of benzene rings is 1. The molecule has 0 aliphatic heterocycles. The molecule has 192 valence electrons. The highest BCUT2D eigenvalue weighted by molar-refractivity contribution is 5.92. The molecule has 34 heavy (non-hydrogen) atoms. The summed E-state index contributed by atoms with van der Waals surface area (Å²) in [5.74, 6) is -0.807. The Morgan fingerprint density at radius 1 is 1.09 bits per heavy atom. The van der Waals surface area contributed by atoms with Gasteiger partial charge in [-0.3, -0.25) is 9.59 Å². The lowest BCUT2D eigenvalue weighted by molar-refractivity contribution is -0.143. The Labute approximate surface area is 204 Å². The standard InChI is InChI=1S/C26H43N3O5/c1-8-10-14-27-23(31)22(20-16-18(3)12-13-19(20)4)29(15-11-9-2)24(32)21(17-30)28-25(33)34-26(5,6)7/h12-13,16,21-22,30H,8-11,14-15,17H2,1-7H3,(H,27,31)(H,28,33). The van der Waals surface area contributed by atoms with Gasteiger partial charge in [0.05, 0.1) is 6.61 Å². The number of carbonyl (C=O) groups excluding carboxylic acids is 3. The summed E-state index contributed by atoms with van der Waals surface area (Å²) >= 11 is 0. The predicted octanol–water partition coefficient (Wildman–Crippen LogP) is 3.78. The Bertz CT molecular complexity index is 819. The van der Waals surface area contributed by atoms with Crippen molar-refractivity contribution in [1.82, 2.24) is 15.5 Å². The number of aliphatic hydroxyl groups excluding tert-OH is 1. The highest BCUT2D eigenvalue weighted by Crippen LogP contribution is 2.27. The van der Waals surface area contributed by atoms with Crippen LogP contribution in [0.3, 0.4) is 0 Å². The fourth-order valence-electron chi connectivity index (χ4n) is 3.52. The first-order valence-electron chi connectivity index (χ1n) is 12.2. The van der Waals surface area contributed by atoms with Gasteiger partial charge in [0.25, 0.3) is 0 Å². The zero-order valence-electron chi connectivity index (χ0n) is 21.9. The van der Waals surface area contributed by atoms with E-state index in [1.165, 1.54) is 4.90 Å². The van der Waals surface area contributed by atoms with E-state index in [0.29, 0.717) is 19.5 Å².